The van der Waals surface area contributed by atoms with Gasteiger partial charge in [0.2, 0.25) is 0 Å². The normalized spacial score (nSPS) is 20.7. The number of thiazole rings is 2. The van der Waals surface area contributed by atoms with Crippen molar-refractivity contribution in [2.45, 2.75) is 32.6 Å². The van der Waals surface area contributed by atoms with Crippen LogP contribution in [0.1, 0.15) is 30.0 Å². The second-order valence-corrected chi connectivity index (χ2v) is 8.28. The first kappa shape index (κ1) is 18.3. The average molecular weight is 405 g/mol. The van der Waals surface area contributed by atoms with Gasteiger partial charge in [0.25, 0.3) is 5.91 Å². The van der Waals surface area contributed by atoms with Crippen LogP contribution in [0.2, 0.25) is 0 Å². The standard InChI is InChI=1S/C18H20N4O3S2/c1-11-6-22(7-12(2)25-11)8-13-9-27-18(19-13)21-16(23)14-10-26-17(20-14)15-4-3-5-24-15/h3-5,9-12H,6-8H2,1-2H3,(H,19,21,23). The lowest BCUT2D eigenvalue weighted by Crippen LogP contribution is -2.44. The third-order valence-corrected chi connectivity index (χ3v) is 5.79. The highest BCUT2D eigenvalue weighted by atomic mass is 32.1. The first-order valence-corrected chi connectivity index (χ1v) is 10.5. The Balaban J connectivity index is 1.37. The number of furan rings is 1. The maximum absolute atomic E-state index is 12.4. The number of hydrogen-bond acceptors (Lipinski definition) is 8. The van der Waals surface area contributed by atoms with Crippen LogP contribution in [0.5, 0.6) is 0 Å². The molecule has 1 N–H and O–H groups in total. The van der Waals surface area contributed by atoms with Crippen molar-refractivity contribution in [1.82, 2.24) is 14.9 Å². The Kier molecular flexibility index (Phi) is 5.35. The molecule has 9 heteroatoms. The fraction of sp³-hybridized carbons (Fsp3) is 0.389. The van der Waals surface area contributed by atoms with Crippen molar-refractivity contribution < 1.29 is 13.9 Å². The largest absolute Gasteiger partial charge is 0.462 e. The van der Waals surface area contributed by atoms with E-state index in [9.17, 15) is 4.79 Å². The van der Waals surface area contributed by atoms with E-state index < -0.39 is 0 Å². The van der Waals surface area contributed by atoms with Gasteiger partial charge in [0.05, 0.1) is 24.2 Å². The molecule has 142 valence electrons. The quantitative estimate of drug-likeness (QED) is 0.698. The molecule has 0 bridgehead atoms. The van der Waals surface area contributed by atoms with Crippen molar-refractivity contribution in [3.63, 3.8) is 0 Å². The van der Waals surface area contributed by atoms with E-state index in [1.54, 1.807) is 17.7 Å². The van der Waals surface area contributed by atoms with Gasteiger partial charge in [-0.05, 0) is 26.0 Å². The van der Waals surface area contributed by atoms with Crippen LogP contribution in [-0.4, -0.2) is 46.1 Å². The molecular weight excluding hydrogens is 384 g/mol. The van der Waals surface area contributed by atoms with Gasteiger partial charge in [-0.2, -0.15) is 0 Å². The van der Waals surface area contributed by atoms with Crippen LogP contribution in [0, 0.1) is 0 Å². The predicted molar refractivity (Wildman–Crippen MR) is 105 cm³/mol. The fourth-order valence-electron chi connectivity index (χ4n) is 3.13. The zero-order valence-corrected chi connectivity index (χ0v) is 16.7. The van der Waals surface area contributed by atoms with E-state index in [0.29, 0.717) is 21.6 Å². The van der Waals surface area contributed by atoms with Crippen LogP contribution >= 0.6 is 22.7 Å². The summed E-state index contributed by atoms with van der Waals surface area (Å²) in [6, 6.07) is 3.62. The third-order valence-electron chi connectivity index (χ3n) is 4.12. The summed E-state index contributed by atoms with van der Waals surface area (Å²) in [6.45, 7) is 6.69. The van der Waals surface area contributed by atoms with E-state index in [1.165, 1.54) is 22.7 Å². The Hall–Kier alpha value is -2.07. The summed E-state index contributed by atoms with van der Waals surface area (Å²) in [5.74, 6) is 0.392. The number of anilines is 1. The van der Waals surface area contributed by atoms with Gasteiger partial charge in [-0.25, -0.2) is 9.97 Å². The number of rotatable bonds is 5. The Morgan fingerprint density at radius 1 is 1.26 bits per heavy atom. The molecule has 3 aromatic heterocycles. The maximum Gasteiger partial charge on any atom is 0.276 e. The molecule has 0 aromatic carbocycles. The fourth-order valence-corrected chi connectivity index (χ4v) is 4.60. The zero-order chi connectivity index (χ0) is 18.8. The molecule has 1 amide bonds. The number of carbonyl (C=O) groups excluding carboxylic acids is 1. The first-order valence-electron chi connectivity index (χ1n) is 8.70. The first-order chi connectivity index (χ1) is 13.1. The highest BCUT2D eigenvalue weighted by Gasteiger charge is 2.23. The van der Waals surface area contributed by atoms with Gasteiger partial charge in [-0.15, -0.1) is 22.7 Å². The van der Waals surface area contributed by atoms with Crippen molar-refractivity contribution in [3.8, 4) is 10.8 Å². The summed E-state index contributed by atoms with van der Waals surface area (Å²) in [5, 5.41) is 7.79. The molecule has 2 unspecified atom stereocenters. The molecule has 1 aliphatic heterocycles. The Morgan fingerprint density at radius 2 is 2.07 bits per heavy atom. The van der Waals surface area contributed by atoms with Crippen LogP contribution < -0.4 is 5.32 Å². The molecule has 0 saturated carbocycles. The number of carbonyl (C=O) groups is 1. The summed E-state index contributed by atoms with van der Waals surface area (Å²) >= 11 is 2.80. The molecule has 1 saturated heterocycles. The number of ether oxygens (including phenoxy) is 1. The summed E-state index contributed by atoms with van der Waals surface area (Å²) in [7, 11) is 0. The van der Waals surface area contributed by atoms with Crippen molar-refractivity contribution in [3.05, 3.63) is 40.5 Å². The van der Waals surface area contributed by atoms with Gasteiger partial charge >= 0.3 is 0 Å². The number of nitrogens with one attached hydrogen (secondary N) is 1. The minimum atomic E-state index is -0.265. The van der Waals surface area contributed by atoms with Crippen molar-refractivity contribution in [1.29, 1.82) is 0 Å². The zero-order valence-electron chi connectivity index (χ0n) is 15.0. The molecule has 7 nitrogen and oxygen atoms in total. The van der Waals surface area contributed by atoms with Gasteiger partial charge in [0.15, 0.2) is 15.9 Å². The molecule has 3 aromatic rings. The maximum atomic E-state index is 12.4. The number of nitrogens with zero attached hydrogens (tertiary/aromatic N) is 3. The van der Waals surface area contributed by atoms with Gasteiger partial charge in [0, 0.05) is 30.4 Å². The molecular formula is C18H20N4O3S2. The lowest BCUT2D eigenvalue weighted by Gasteiger charge is -2.34. The van der Waals surface area contributed by atoms with Gasteiger partial charge in [-0.3, -0.25) is 15.0 Å². The number of aromatic nitrogens is 2. The second-order valence-electron chi connectivity index (χ2n) is 6.56. The van der Waals surface area contributed by atoms with Gasteiger partial charge in [-0.1, -0.05) is 0 Å². The Labute approximate surface area is 165 Å². The monoisotopic (exact) mass is 404 g/mol. The molecule has 4 rings (SSSR count). The van der Waals surface area contributed by atoms with Gasteiger partial charge in [0.1, 0.15) is 5.69 Å². The van der Waals surface area contributed by atoms with Crippen LogP contribution in [0.4, 0.5) is 5.13 Å². The van der Waals surface area contributed by atoms with E-state index in [-0.39, 0.29) is 18.1 Å². The predicted octanol–water partition coefficient (Wildman–Crippen LogP) is 3.72. The summed E-state index contributed by atoms with van der Waals surface area (Å²) in [6.07, 6.45) is 2.03. The van der Waals surface area contributed by atoms with Crippen LogP contribution in [0.3, 0.4) is 0 Å². The molecule has 0 aliphatic carbocycles. The average Bonchev–Trinajstić information content (AvgIpc) is 3.35. The molecule has 2 atom stereocenters. The summed E-state index contributed by atoms with van der Waals surface area (Å²) in [5.41, 5.74) is 1.31. The summed E-state index contributed by atoms with van der Waals surface area (Å²) < 4.78 is 11.1. The number of hydrogen-bond donors (Lipinski definition) is 1. The Bertz CT molecular complexity index is 896. The number of amides is 1. The lowest BCUT2D eigenvalue weighted by molar-refractivity contribution is -0.0707. The van der Waals surface area contributed by atoms with Crippen LogP contribution in [-0.2, 0) is 11.3 Å². The van der Waals surface area contributed by atoms with E-state index >= 15 is 0 Å². The molecule has 4 heterocycles. The molecule has 0 spiro atoms. The topological polar surface area (TPSA) is 80.5 Å². The van der Waals surface area contributed by atoms with Crippen molar-refractivity contribution in [2.75, 3.05) is 18.4 Å². The van der Waals surface area contributed by atoms with E-state index in [1.807, 2.05) is 11.4 Å². The third kappa shape index (κ3) is 4.44. The minimum Gasteiger partial charge on any atom is -0.462 e. The highest BCUT2D eigenvalue weighted by molar-refractivity contribution is 7.14. The highest BCUT2D eigenvalue weighted by Crippen LogP contribution is 2.25. The van der Waals surface area contributed by atoms with Crippen LogP contribution in [0.15, 0.2) is 33.6 Å². The molecule has 27 heavy (non-hydrogen) atoms. The van der Waals surface area contributed by atoms with E-state index in [0.717, 1.165) is 25.3 Å². The number of morpholine rings is 1. The van der Waals surface area contributed by atoms with E-state index in [4.69, 9.17) is 9.15 Å². The minimum absolute atomic E-state index is 0.222. The van der Waals surface area contributed by atoms with Crippen LogP contribution in [0.25, 0.3) is 10.8 Å². The van der Waals surface area contributed by atoms with Crippen molar-refractivity contribution >= 4 is 33.7 Å². The van der Waals surface area contributed by atoms with Crippen molar-refractivity contribution in [2.24, 2.45) is 0 Å². The second kappa shape index (κ2) is 7.89. The Morgan fingerprint density at radius 3 is 2.81 bits per heavy atom. The summed E-state index contributed by atoms with van der Waals surface area (Å²) in [4.78, 5) is 23.6. The molecule has 0 radical (unpaired) electrons. The smallest absolute Gasteiger partial charge is 0.276 e. The SMILES string of the molecule is CC1CN(Cc2csc(NC(=O)c3csc(-c4ccco4)n3)n2)CC(C)O1. The lowest BCUT2D eigenvalue weighted by atomic mass is 10.2. The molecule has 1 aliphatic rings. The van der Waals surface area contributed by atoms with Gasteiger partial charge < -0.3 is 9.15 Å². The molecule has 1 fully saturated rings. The van der Waals surface area contributed by atoms with E-state index in [2.05, 4.69) is 34.0 Å².